The van der Waals surface area contributed by atoms with E-state index in [4.69, 9.17) is 17.3 Å². The van der Waals surface area contributed by atoms with E-state index in [1.54, 1.807) is 16.9 Å². The molecule has 0 saturated heterocycles. The van der Waals surface area contributed by atoms with Crippen molar-refractivity contribution in [3.05, 3.63) is 39.6 Å². The van der Waals surface area contributed by atoms with Crippen LogP contribution in [-0.2, 0) is 10.0 Å². The van der Waals surface area contributed by atoms with E-state index in [1.807, 2.05) is 19.1 Å². The molecular weight excluding hydrogens is 506 g/mol. The second-order valence-corrected chi connectivity index (χ2v) is 11.0. The summed E-state index contributed by atoms with van der Waals surface area (Å²) in [6.45, 7) is 1.89. The van der Waals surface area contributed by atoms with Gasteiger partial charge >= 0.3 is 0 Å². The first-order valence-corrected chi connectivity index (χ1v) is 12.6. The van der Waals surface area contributed by atoms with Gasteiger partial charge in [-0.25, -0.2) is 22.8 Å². The Morgan fingerprint density at radius 3 is 2.81 bits per heavy atom. The number of hydrogen-bond donors (Lipinski definition) is 3. The van der Waals surface area contributed by atoms with Crippen molar-refractivity contribution >= 4 is 54.5 Å². The number of halogens is 2. The van der Waals surface area contributed by atoms with Gasteiger partial charge < -0.3 is 11.1 Å². The average Bonchev–Trinajstić information content (AvgIpc) is 3.32. The van der Waals surface area contributed by atoms with Crippen molar-refractivity contribution < 1.29 is 8.42 Å². The lowest BCUT2D eigenvalue weighted by molar-refractivity contribution is 0.570. The lowest BCUT2D eigenvalue weighted by Crippen LogP contribution is -2.31. The van der Waals surface area contributed by atoms with Crippen molar-refractivity contribution in [3.8, 4) is 5.69 Å². The monoisotopic (exact) mass is 527 g/mol. The SMILES string of the molecule is CNS(=O)(=O)C1CC[C@@H](Nc2ncc3c(Br)nn(-c4cc(Cl)cc(C(C)N)c4)c3n2)C1. The molecule has 3 atom stereocenters. The van der Waals surface area contributed by atoms with Crippen LogP contribution in [0.1, 0.15) is 37.8 Å². The Balaban J connectivity index is 1.66. The molecule has 1 saturated carbocycles. The number of fused-ring (bicyclic) bond motifs is 1. The Morgan fingerprint density at radius 2 is 2.10 bits per heavy atom. The van der Waals surface area contributed by atoms with Crippen LogP contribution in [0.3, 0.4) is 0 Å². The highest BCUT2D eigenvalue weighted by Gasteiger charge is 2.33. The van der Waals surface area contributed by atoms with Gasteiger partial charge in [0, 0.05) is 23.3 Å². The zero-order valence-corrected chi connectivity index (χ0v) is 20.2. The third-order valence-corrected chi connectivity index (χ3v) is 8.17. The van der Waals surface area contributed by atoms with Crippen molar-refractivity contribution in [2.24, 2.45) is 5.73 Å². The molecule has 2 aromatic heterocycles. The summed E-state index contributed by atoms with van der Waals surface area (Å²) in [6, 6.07) is 5.34. The first-order chi connectivity index (χ1) is 14.7. The minimum absolute atomic E-state index is 0.0266. The second-order valence-electron chi connectivity index (χ2n) is 7.69. The van der Waals surface area contributed by atoms with Gasteiger partial charge in [-0.1, -0.05) is 11.6 Å². The third kappa shape index (κ3) is 4.56. The highest BCUT2D eigenvalue weighted by molar-refractivity contribution is 9.10. The molecule has 1 aliphatic carbocycles. The van der Waals surface area contributed by atoms with E-state index < -0.39 is 15.3 Å². The van der Waals surface area contributed by atoms with Crippen LogP contribution in [0.4, 0.5) is 5.95 Å². The number of anilines is 1. The standard InChI is InChI=1S/C19H23BrClN7O2S/c1-10(22)11-5-12(21)7-14(6-11)28-18-16(17(20)27-28)9-24-19(26-18)25-13-3-4-15(8-13)31(29,30)23-2/h5-7,9-10,13,15,23H,3-4,8,22H2,1-2H3,(H,24,25,26)/t10?,13-,15?/m1/s1. The van der Waals surface area contributed by atoms with Gasteiger partial charge in [0.2, 0.25) is 16.0 Å². The van der Waals surface area contributed by atoms with Crippen LogP contribution in [-0.4, -0.2) is 46.5 Å². The lowest BCUT2D eigenvalue weighted by Gasteiger charge is -2.14. The number of aromatic nitrogens is 4. The molecule has 1 aromatic carbocycles. The highest BCUT2D eigenvalue weighted by atomic mass is 79.9. The van der Waals surface area contributed by atoms with Gasteiger partial charge in [0.1, 0.15) is 4.60 Å². The van der Waals surface area contributed by atoms with E-state index in [1.165, 1.54) is 7.05 Å². The number of hydrogen-bond acceptors (Lipinski definition) is 7. The Labute approximate surface area is 194 Å². The molecule has 1 fully saturated rings. The Hall–Kier alpha value is -1.79. The molecule has 2 heterocycles. The maximum absolute atomic E-state index is 12.1. The Kier molecular flexibility index (Phi) is 6.23. The molecule has 2 unspecified atom stereocenters. The maximum Gasteiger partial charge on any atom is 0.224 e. The molecule has 1 aliphatic rings. The number of benzene rings is 1. The predicted octanol–water partition coefficient (Wildman–Crippen LogP) is 3.13. The van der Waals surface area contributed by atoms with E-state index in [0.29, 0.717) is 34.1 Å². The number of nitrogens with zero attached hydrogens (tertiary/aromatic N) is 4. The first-order valence-electron chi connectivity index (χ1n) is 9.84. The number of nitrogens with two attached hydrogens (primary N) is 1. The smallest absolute Gasteiger partial charge is 0.224 e. The molecule has 31 heavy (non-hydrogen) atoms. The summed E-state index contributed by atoms with van der Waals surface area (Å²) in [5, 5.41) is 8.70. The molecule has 166 valence electrons. The zero-order valence-electron chi connectivity index (χ0n) is 17.0. The van der Waals surface area contributed by atoms with E-state index in [-0.39, 0.29) is 12.1 Å². The van der Waals surface area contributed by atoms with E-state index in [2.05, 4.69) is 41.0 Å². The molecule has 0 amide bonds. The van der Waals surface area contributed by atoms with E-state index in [9.17, 15) is 8.42 Å². The molecule has 0 radical (unpaired) electrons. The summed E-state index contributed by atoms with van der Waals surface area (Å²) in [4.78, 5) is 9.05. The Bertz CT molecular complexity index is 1230. The van der Waals surface area contributed by atoms with Crippen molar-refractivity contribution in [2.75, 3.05) is 12.4 Å². The van der Waals surface area contributed by atoms with E-state index >= 15 is 0 Å². The number of rotatable bonds is 6. The van der Waals surface area contributed by atoms with Crippen LogP contribution in [0.2, 0.25) is 5.02 Å². The first kappa shape index (κ1) is 22.4. The average molecular weight is 529 g/mol. The van der Waals surface area contributed by atoms with Gasteiger partial charge in [0.15, 0.2) is 5.65 Å². The van der Waals surface area contributed by atoms with Crippen LogP contribution in [0.25, 0.3) is 16.7 Å². The van der Waals surface area contributed by atoms with Crippen LogP contribution >= 0.6 is 27.5 Å². The minimum atomic E-state index is -3.29. The van der Waals surface area contributed by atoms with Crippen molar-refractivity contribution in [1.29, 1.82) is 0 Å². The molecule has 12 heteroatoms. The molecule has 0 bridgehead atoms. The number of sulfonamides is 1. The lowest BCUT2D eigenvalue weighted by atomic mass is 10.1. The Morgan fingerprint density at radius 1 is 1.32 bits per heavy atom. The molecule has 4 N–H and O–H groups in total. The largest absolute Gasteiger partial charge is 0.351 e. The predicted molar refractivity (Wildman–Crippen MR) is 125 cm³/mol. The molecule has 0 spiro atoms. The van der Waals surface area contributed by atoms with Gasteiger partial charge in [-0.15, -0.1) is 0 Å². The van der Waals surface area contributed by atoms with Crippen molar-refractivity contribution in [2.45, 2.75) is 43.5 Å². The van der Waals surface area contributed by atoms with Crippen molar-refractivity contribution in [1.82, 2.24) is 24.5 Å². The zero-order chi connectivity index (χ0) is 22.3. The summed E-state index contributed by atoms with van der Waals surface area (Å²) < 4.78 is 28.9. The minimum Gasteiger partial charge on any atom is -0.351 e. The molecule has 9 nitrogen and oxygen atoms in total. The fourth-order valence-corrected chi connectivity index (χ4v) is 5.74. The normalized spacial score (nSPS) is 20.3. The summed E-state index contributed by atoms with van der Waals surface area (Å²) in [5.74, 6) is 0.420. The molecular formula is C19H23BrClN7O2S. The van der Waals surface area contributed by atoms with Crippen LogP contribution in [0.15, 0.2) is 29.0 Å². The fourth-order valence-electron chi connectivity index (χ4n) is 3.80. The van der Waals surface area contributed by atoms with Crippen LogP contribution in [0, 0.1) is 0 Å². The number of nitrogens with one attached hydrogen (secondary N) is 2. The second kappa shape index (κ2) is 8.62. The molecule has 4 rings (SSSR count). The highest BCUT2D eigenvalue weighted by Crippen LogP contribution is 2.30. The summed E-state index contributed by atoms with van der Waals surface area (Å²) in [7, 11) is -1.84. The summed E-state index contributed by atoms with van der Waals surface area (Å²) in [6.07, 6.45) is 3.50. The molecule has 3 aromatic rings. The fraction of sp³-hybridized carbons (Fsp3) is 0.421. The van der Waals surface area contributed by atoms with Crippen molar-refractivity contribution in [3.63, 3.8) is 0 Å². The van der Waals surface area contributed by atoms with Crippen LogP contribution < -0.4 is 15.8 Å². The third-order valence-electron chi connectivity index (χ3n) is 5.50. The van der Waals surface area contributed by atoms with Gasteiger partial charge in [-0.05, 0) is 72.9 Å². The van der Waals surface area contributed by atoms with Gasteiger partial charge in [-0.3, -0.25) is 0 Å². The topological polar surface area (TPSA) is 128 Å². The van der Waals surface area contributed by atoms with E-state index in [0.717, 1.165) is 23.1 Å². The molecule has 0 aliphatic heterocycles. The summed E-state index contributed by atoms with van der Waals surface area (Å²) >= 11 is 9.77. The quantitative estimate of drug-likeness (QED) is 0.448. The maximum atomic E-state index is 12.1. The van der Waals surface area contributed by atoms with Gasteiger partial charge in [0.25, 0.3) is 0 Å². The van der Waals surface area contributed by atoms with Gasteiger partial charge in [0.05, 0.1) is 16.3 Å². The van der Waals surface area contributed by atoms with Gasteiger partial charge in [-0.2, -0.15) is 10.1 Å². The summed E-state index contributed by atoms with van der Waals surface area (Å²) in [5.41, 5.74) is 8.25. The van der Waals surface area contributed by atoms with Crippen LogP contribution in [0.5, 0.6) is 0 Å².